The second kappa shape index (κ2) is 7.00. The van der Waals surface area contributed by atoms with Gasteiger partial charge >= 0.3 is 5.69 Å². The minimum atomic E-state index is -0.423. The van der Waals surface area contributed by atoms with Gasteiger partial charge in [-0.15, -0.1) is 0 Å². The highest BCUT2D eigenvalue weighted by atomic mass is 16.6. The molecule has 132 valence electrons. The fourth-order valence-corrected chi connectivity index (χ4v) is 3.46. The number of aryl methyl sites for hydroxylation is 2. The van der Waals surface area contributed by atoms with Crippen LogP contribution in [0.4, 0.5) is 5.69 Å². The predicted molar refractivity (Wildman–Crippen MR) is 90.9 cm³/mol. The molecule has 8 nitrogen and oxygen atoms in total. The van der Waals surface area contributed by atoms with Crippen molar-refractivity contribution in [1.29, 1.82) is 0 Å². The molecule has 0 aliphatic carbocycles. The number of hydrogen-bond acceptors (Lipinski definition) is 5. The molecule has 3 heterocycles. The summed E-state index contributed by atoms with van der Waals surface area (Å²) in [5, 5.41) is 15.3. The van der Waals surface area contributed by atoms with Crippen LogP contribution in [0.15, 0.2) is 24.4 Å². The topological polar surface area (TPSA) is 94.2 Å². The van der Waals surface area contributed by atoms with Gasteiger partial charge in [-0.1, -0.05) is 6.07 Å². The molecule has 25 heavy (non-hydrogen) atoms. The molecule has 1 saturated heterocycles. The smallest absolute Gasteiger partial charge is 0.312 e. The lowest BCUT2D eigenvalue weighted by molar-refractivity contribution is -0.386. The van der Waals surface area contributed by atoms with Gasteiger partial charge in [0.25, 0.3) is 0 Å². The van der Waals surface area contributed by atoms with Gasteiger partial charge in [0.15, 0.2) is 0 Å². The Morgan fingerprint density at radius 2 is 2.20 bits per heavy atom. The van der Waals surface area contributed by atoms with E-state index in [1.165, 1.54) is 0 Å². The van der Waals surface area contributed by atoms with Crippen molar-refractivity contribution in [2.75, 3.05) is 6.54 Å². The summed E-state index contributed by atoms with van der Waals surface area (Å²) in [7, 11) is 0. The number of rotatable bonds is 5. The number of nitro groups is 1. The summed E-state index contributed by atoms with van der Waals surface area (Å²) in [6, 6.07) is 5.75. The first-order chi connectivity index (χ1) is 12.0. The molecule has 1 fully saturated rings. The summed E-state index contributed by atoms with van der Waals surface area (Å²) in [6.45, 7) is 4.33. The SMILES string of the molecule is Cc1nn(CCC(=O)N2CCCC2c2ccccn2)c(C)c1[N+](=O)[O-]. The second-order valence-corrected chi connectivity index (χ2v) is 6.25. The van der Waals surface area contributed by atoms with Crippen molar-refractivity contribution in [2.45, 2.75) is 45.7 Å². The highest BCUT2D eigenvalue weighted by molar-refractivity contribution is 5.77. The standard InChI is InChI=1S/C17H21N5O3/c1-12-17(22(24)25)13(2)21(19-12)11-8-16(23)20-10-5-7-15(20)14-6-3-4-9-18-14/h3-4,6,9,15H,5,7-8,10-11H2,1-2H3. The van der Waals surface area contributed by atoms with Gasteiger partial charge < -0.3 is 4.90 Å². The number of pyridine rings is 1. The van der Waals surface area contributed by atoms with E-state index in [0.29, 0.717) is 17.9 Å². The number of nitrogens with zero attached hydrogens (tertiary/aromatic N) is 5. The minimum absolute atomic E-state index is 0.0171. The first-order valence-electron chi connectivity index (χ1n) is 8.38. The van der Waals surface area contributed by atoms with Crippen LogP contribution in [-0.2, 0) is 11.3 Å². The van der Waals surface area contributed by atoms with E-state index in [0.717, 1.165) is 25.1 Å². The van der Waals surface area contributed by atoms with Gasteiger partial charge in [0.2, 0.25) is 5.91 Å². The van der Waals surface area contributed by atoms with E-state index in [-0.39, 0.29) is 24.1 Å². The van der Waals surface area contributed by atoms with Crippen LogP contribution in [0.1, 0.15) is 42.4 Å². The molecule has 1 amide bonds. The summed E-state index contributed by atoms with van der Waals surface area (Å²) in [5.74, 6) is 0.0309. The van der Waals surface area contributed by atoms with Gasteiger partial charge in [-0.3, -0.25) is 24.6 Å². The van der Waals surface area contributed by atoms with E-state index < -0.39 is 4.92 Å². The molecule has 1 unspecified atom stereocenters. The zero-order chi connectivity index (χ0) is 18.0. The number of carbonyl (C=O) groups excluding carboxylic acids is 1. The average molecular weight is 343 g/mol. The highest BCUT2D eigenvalue weighted by Crippen LogP contribution is 2.31. The third kappa shape index (κ3) is 3.38. The lowest BCUT2D eigenvalue weighted by Crippen LogP contribution is -2.31. The molecular formula is C17H21N5O3. The van der Waals surface area contributed by atoms with Gasteiger partial charge in [0.05, 0.1) is 23.2 Å². The van der Waals surface area contributed by atoms with Gasteiger partial charge in [0.1, 0.15) is 11.4 Å². The Kier molecular flexibility index (Phi) is 4.78. The van der Waals surface area contributed by atoms with Gasteiger partial charge in [-0.2, -0.15) is 5.10 Å². The van der Waals surface area contributed by atoms with E-state index in [1.54, 1.807) is 24.7 Å². The van der Waals surface area contributed by atoms with Crippen LogP contribution >= 0.6 is 0 Å². The number of amides is 1. The van der Waals surface area contributed by atoms with E-state index >= 15 is 0 Å². The summed E-state index contributed by atoms with van der Waals surface area (Å²) >= 11 is 0. The van der Waals surface area contributed by atoms with E-state index in [4.69, 9.17) is 0 Å². The molecule has 8 heteroatoms. The van der Waals surface area contributed by atoms with Crippen LogP contribution in [0.25, 0.3) is 0 Å². The summed E-state index contributed by atoms with van der Waals surface area (Å²) < 4.78 is 1.55. The van der Waals surface area contributed by atoms with Gasteiger partial charge in [0, 0.05) is 19.2 Å². The maximum atomic E-state index is 12.7. The Morgan fingerprint density at radius 3 is 2.84 bits per heavy atom. The maximum absolute atomic E-state index is 12.7. The maximum Gasteiger partial charge on any atom is 0.312 e. The lowest BCUT2D eigenvalue weighted by Gasteiger charge is -2.24. The van der Waals surface area contributed by atoms with Gasteiger partial charge in [-0.05, 0) is 38.8 Å². The molecule has 0 saturated carbocycles. The fraction of sp³-hybridized carbons (Fsp3) is 0.471. The van der Waals surface area contributed by atoms with Crippen molar-refractivity contribution >= 4 is 11.6 Å². The van der Waals surface area contributed by atoms with Crippen molar-refractivity contribution in [3.8, 4) is 0 Å². The normalized spacial score (nSPS) is 17.0. The van der Waals surface area contributed by atoms with Crippen LogP contribution < -0.4 is 0 Å². The second-order valence-electron chi connectivity index (χ2n) is 6.25. The predicted octanol–water partition coefficient (Wildman–Crippen LogP) is 2.56. The zero-order valence-corrected chi connectivity index (χ0v) is 14.4. The Balaban J connectivity index is 1.69. The molecule has 1 aliphatic rings. The number of carbonyl (C=O) groups is 1. The first kappa shape index (κ1) is 17.1. The van der Waals surface area contributed by atoms with Crippen LogP contribution in [0.3, 0.4) is 0 Å². The van der Waals surface area contributed by atoms with Gasteiger partial charge in [-0.25, -0.2) is 0 Å². The molecule has 0 bridgehead atoms. The number of likely N-dealkylation sites (tertiary alicyclic amines) is 1. The average Bonchev–Trinajstić information content (AvgIpc) is 3.18. The Bertz CT molecular complexity index is 787. The van der Waals surface area contributed by atoms with E-state index in [1.807, 2.05) is 23.1 Å². The molecule has 2 aromatic heterocycles. The minimum Gasteiger partial charge on any atom is -0.334 e. The van der Waals surface area contributed by atoms with Crippen LogP contribution in [0.2, 0.25) is 0 Å². The van der Waals surface area contributed by atoms with Crippen molar-refractivity contribution in [3.63, 3.8) is 0 Å². The van der Waals surface area contributed by atoms with Crippen LogP contribution in [0.5, 0.6) is 0 Å². The zero-order valence-electron chi connectivity index (χ0n) is 14.4. The Labute approximate surface area is 145 Å². The lowest BCUT2D eigenvalue weighted by atomic mass is 10.1. The summed E-state index contributed by atoms with van der Waals surface area (Å²) in [5.41, 5.74) is 1.80. The molecule has 1 atom stereocenters. The van der Waals surface area contributed by atoms with Crippen LogP contribution in [-0.4, -0.2) is 37.0 Å². The third-order valence-electron chi connectivity index (χ3n) is 4.67. The molecule has 0 N–H and O–H groups in total. The van der Waals surface area contributed by atoms with Crippen molar-refractivity contribution in [1.82, 2.24) is 19.7 Å². The first-order valence-corrected chi connectivity index (χ1v) is 8.38. The Hall–Kier alpha value is -2.77. The molecule has 0 radical (unpaired) electrons. The van der Waals surface area contributed by atoms with Crippen molar-refractivity contribution < 1.29 is 9.72 Å². The van der Waals surface area contributed by atoms with Crippen molar-refractivity contribution in [2.24, 2.45) is 0 Å². The number of aromatic nitrogens is 3. The Morgan fingerprint density at radius 1 is 1.40 bits per heavy atom. The summed E-state index contributed by atoms with van der Waals surface area (Å²) in [6.07, 6.45) is 3.88. The van der Waals surface area contributed by atoms with Crippen molar-refractivity contribution in [3.05, 3.63) is 51.6 Å². The molecule has 0 aromatic carbocycles. The fourth-order valence-electron chi connectivity index (χ4n) is 3.46. The molecule has 0 spiro atoms. The monoisotopic (exact) mass is 343 g/mol. The molecule has 2 aromatic rings. The largest absolute Gasteiger partial charge is 0.334 e. The highest BCUT2D eigenvalue weighted by Gasteiger charge is 2.31. The third-order valence-corrected chi connectivity index (χ3v) is 4.67. The van der Waals surface area contributed by atoms with E-state index in [2.05, 4.69) is 10.1 Å². The van der Waals surface area contributed by atoms with Crippen LogP contribution in [0, 0.1) is 24.0 Å². The summed E-state index contributed by atoms with van der Waals surface area (Å²) in [4.78, 5) is 29.5. The number of hydrogen-bond donors (Lipinski definition) is 0. The molecular weight excluding hydrogens is 322 g/mol. The molecule has 1 aliphatic heterocycles. The molecule has 3 rings (SSSR count). The quantitative estimate of drug-likeness (QED) is 0.614. The van der Waals surface area contributed by atoms with E-state index in [9.17, 15) is 14.9 Å².